The minimum atomic E-state index is -3.66. The molecule has 0 radical (unpaired) electrons. The normalized spacial score (nSPS) is 18.7. The minimum Gasteiger partial charge on any atom is -0.394 e. The quantitative estimate of drug-likeness (QED) is 0.387. The SMILES string of the molecule is NCCP(=O)(O)OCC(O)CO. The summed E-state index contributed by atoms with van der Waals surface area (Å²) < 4.78 is 15.3. The second-order valence-corrected chi connectivity index (χ2v) is 4.26. The Morgan fingerprint density at radius 2 is 2.17 bits per heavy atom. The average molecular weight is 199 g/mol. The van der Waals surface area contributed by atoms with E-state index in [1.54, 1.807) is 0 Å². The molecule has 6 nitrogen and oxygen atoms in total. The summed E-state index contributed by atoms with van der Waals surface area (Å²) in [5.74, 6) is 0. The van der Waals surface area contributed by atoms with E-state index in [1.165, 1.54) is 0 Å². The molecule has 74 valence electrons. The minimum absolute atomic E-state index is 0.0446. The first kappa shape index (κ1) is 12.0. The summed E-state index contributed by atoms with van der Waals surface area (Å²) >= 11 is 0. The second kappa shape index (κ2) is 5.64. The van der Waals surface area contributed by atoms with E-state index in [2.05, 4.69) is 4.52 Å². The monoisotopic (exact) mass is 199 g/mol. The fourth-order valence-electron chi connectivity index (χ4n) is 0.483. The van der Waals surface area contributed by atoms with Crippen LogP contribution in [0, 0.1) is 0 Å². The molecule has 5 N–H and O–H groups in total. The van der Waals surface area contributed by atoms with E-state index in [9.17, 15) is 4.57 Å². The summed E-state index contributed by atoms with van der Waals surface area (Å²) in [5.41, 5.74) is 5.03. The van der Waals surface area contributed by atoms with Crippen molar-refractivity contribution >= 4 is 7.60 Å². The largest absolute Gasteiger partial charge is 0.394 e. The molecule has 0 amide bonds. The maximum Gasteiger partial charge on any atom is 0.329 e. The van der Waals surface area contributed by atoms with Gasteiger partial charge < -0.3 is 25.4 Å². The Labute approximate surface area is 70.5 Å². The highest BCUT2D eigenvalue weighted by atomic mass is 31.2. The van der Waals surface area contributed by atoms with Crippen molar-refractivity contribution in [3.63, 3.8) is 0 Å². The molecule has 0 fully saturated rings. The lowest BCUT2D eigenvalue weighted by molar-refractivity contribution is 0.0497. The summed E-state index contributed by atoms with van der Waals surface area (Å²) in [6.45, 7) is -0.810. The number of hydrogen-bond donors (Lipinski definition) is 4. The molecule has 0 saturated carbocycles. The van der Waals surface area contributed by atoms with Gasteiger partial charge in [0.05, 0.1) is 19.4 Å². The molecule has 0 aromatic carbocycles. The number of rotatable bonds is 6. The molecule has 0 aliphatic carbocycles. The van der Waals surface area contributed by atoms with E-state index < -0.39 is 20.3 Å². The van der Waals surface area contributed by atoms with Crippen molar-refractivity contribution in [3.05, 3.63) is 0 Å². The Bertz CT molecular complexity index is 164. The fourth-order valence-corrected chi connectivity index (χ4v) is 1.34. The first-order valence-corrected chi connectivity index (χ1v) is 5.23. The van der Waals surface area contributed by atoms with Gasteiger partial charge >= 0.3 is 7.60 Å². The number of aliphatic hydroxyl groups is 2. The molecule has 0 aliphatic rings. The van der Waals surface area contributed by atoms with E-state index in [0.717, 1.165) is 0 Å². The molecule has 0 bridgehead atoms. The highest BCUT2D eigenvalue weighted by molar-refractivity contribution is 7.52. The summed E-state index contributed by atoms with van der Waals surface area (Å²) in [6.07, 6.45) is -1.27. The van der Waals surface area contributed by atoms with E-state index >= 15 is 0 Å². The molecule has 0 saturated heterocycles. The Morgan fingerprint density at radius 3 is 2.58 bits per heavy atom. The van der Waals surface area contributed by atoms with E-state index in [0.29, 0.717) is 0 Å². The van der Waals surface area contributed by atoms with Gasteiger partial charge in [-0.05, 0) is 0 Å². The van der Waals surface area contributed by atoms with Gasteiger partial charge in [-0.15, -0.1) is 0 Å². The first-order chi connectivity index (χ1) is 5.52. The molecule has 0 aliphatic heterocycles. The highest BCUT2D eigenvalue weighted by Gasteiger charge is 2.19. The van der Waals surface area contributed by atoms with E-state index in [4.69, 9.17) is 20.8 Å². The Balaban J connectivity index is 3.67. The van der Waals surface area contributed by atoms with Gasteiger partial charge in [-0.25, -0.2) is 0 Å². The summed E-state index contributed by atoms with van der Waals surface area (Å²) in [7, 11) is -3.66. The molecular weight excluding hydrogens is 185 g/mol. The Kier molecular flexibility index (Phi) is 5.65. The molecule has 0 rings (SSSR count). The van der Waals surface area contributed by atoms with Crippen LogP contribution in [0.15, 0.2) is 0 Å². The third kappa shape index (κ3) is 5.65. The van der Waals surface area contributed by atoms with Gasteiger partial charge in [-0.2, -0.15) is 0 Å². The zero-order valence-corrected chi connectivity index (χ0v) is 7.48. The van der Waals surface area contributed by atoms with Gasteiger partial charge in [0.25, 0.3) is 0 Å². The van der Waals surface area contributed by atoms with Crippen LogP contribution in [0.4, 0.5) is 0 Å². The van der Waals surface area contributed by atoms with Crippen LogP contribution >= 0.6 is 7.60 Å². The zero-order valence-electron chi connectivity index (χ0n) is 6.59. The van der Waals surface area contributed by atoms with Crippen molar-refractivity contribution in [2.45, 2.75) is 6.10 Å². The van der Waals surface area contributed by atoms with E-state index in [-0.39, 0.29) is 19.3 Å². The lowest BCUT2D eigenvalue weighted by atomic mass is 10.4. The Hall–Kier alpha value is 0.0300. The molecular formula is C5H14NO5P. The van der Waals surface area contributed by atoms with Gasteiger partial charge in [0.2, 0.25) is 0 Å². The summed E-state index contributed by atoms with van der Waals surface area (Å²) in [6, 6.07) is 0. The van der Waals surface area contributed by atoms with Crippen LogP contribution in [0.25, 0.3) is 0 Å². The third-order valence-corrected chi connectivity index (χ3v) is 2.47. The number of nitrogens with two attached hydrogens (primary N) is 1. The number of aliphatic hydroxyl groups excluding tert-OH is 2. The van der Waals surface area contributed by atoms with Crippen molar-refractivity contribution in [3.8, 4) is 0 Å². The van der Waals surface area contributed by atoms with Crippen LogP contribution in [0.1, 0.15) is 0 Å². The number of hydrogen-bond acceptors (Lipinski definition) is 5. The van der Waals surface area contributed by atoms with Crippen molar-refractivity contribution in [1.82, 2.24) is 0 Å². The predicted molar refractivity (Wildman–Crippen MR) is 42.8 cm³/mol. The molecule has 0 aromatic rings. The zero-order chi connectivity index (χ0) is 9.61. The van der Waals surface area contributed by atoms with Gasteiger partial charge in [-0.3, -0.25) is 4.57 Å². The standard InChI is InChI=1S/C5H14NO5P/c6-1-2-12(9,10)11-4-5(8)3-7/h5,7-8H,1-4,6H2,(H,9,10). The van der Waals surface area contributed by atoms with Crippen molar-refractivity contribution < 1.29 is 24.2 Å². The van der Waals surface area contributed by atoms with Gasteiger partial charge in [0, 0.05) is 6.54 Å². The average Bonchev–Trinajstić information content (AvgIpc) is 2.00. The molecule has 0 heterocycles. The van der Waals surface area contributed by atoms with Crippen LogP contribution in [0.3, 0.4) is 0 Å². The molecule has 2 unspecified atom stereocenters. The topological polar surface area (TPSA) is 113 Å². The van der Waals surface area contributed by atoms with Crippen LogP contribution in [-0.4, -0.2) is 47.1 Å². The van der Waals surface area contributed by atoms with Crippen LogP contribution < -0.4 is 5.73 Å². The lowest BCUT2D eigenvalue weighted by Crippen LogP contribution is -2.19. The smallest absolute Gasteiger partial charge is 0.329 e. The van der Waals surface area contributed by atoms with Crippen molar-refractivity contribution in [1.29, 1.82) is 0 Å². The molecule has 0 aromatic heterocycles. The molecule has 7 heteroatoms. The van der Waals surface area contributed by atoms with Crippen LogP contribution in [0.5, 0.6) is 0 Å². The van der Waals surface area contributed by atoms with E-state index in [1.807, 2.05) is 0 Å². The third-order valence-electron chi connectivity index (χ3n) is 1.09. The fraction of sp³-hybridized carbons (Fsp3) is 1.00. The maximum absolute atomic E-state index is 10.9. The van der Waals surface area contributed by atoms with Gasteiger partial charge in [0.1, 0.15) is 6.10 Å². The van der Waals surface area contributed by atoms with Crippen LogP contribution in [0.2, 0.25) is 0 Å². The summed E-state index contributed by atoms with van der Waals surface area (Å²) in [5, 5.41) is 17.1. The van der Waals surface area contributed by atoms with Gasteiger partial charge in [0.15, 0.2) is 0 Å². The molecule has 2 atom stereocenters. The van der Waals surface area contributed by atoms with Crippen LogP contribution in [-0.2, 0) is 9.09 Å². The first-order valence-electron chi connectivity index (χ1n) is 3.47. The van der Waals surface area contributed by atoms with Crippen molar-refractivity contribution in [2.75, 3.05) is 25.9 Å². The molecule has 0 spiro atoms. The predicted octanol–water partition coefficient (Wildman–Crippen LogP) is -1.50. The molecule has 12 heavy (non-hydrogen) atoms. The second-order valence-electron chi connectivity index (χ2n) is 2.28. The summed E-state index contributed by atoms with van der Waals surface area (Å²) in [4.78, 5) is 8.92. The maximum atomic E-state index is 10.9. The van der Waals surface area contributed by atoms with Crippen molar-refractivity contribution in [2.24, 2.45) is 5.73 Å². The van der Waals surface area contributed by atoms with Gasteiger partial charge in [-0.1, -0.05) is 0 Å². The lowest BCUT2D eigenvalue weighted by Gasteiger charge is -2.12. The highest BCUT2D eigenvalue weighted by Crippen LogP contribution is 2.40. The Morgan fingerprint density at radius 1 is 1.58 bits per heavy atom.